The first-order chi connectivity index (χ1) is 25.1. The van der Waals surface area contributed by atoms with Crippen molar-refractivity contribution in [1.29, 1.82) is 0 Å². The van der Waals surface area contributed by atoms with Crippen LogP contribution in [0.3, 0.4) is 0 Å². The van der Waals surface area contributed by atoms with Gasteiger partial charge in [0.1, 0.15) is 0 Å². The van der Waals surface area contributed by atoms with Crippen LogP contribution in [0, 0.1) is 0 Å². The molecule has 0 bridgehead atoms. The highest BCUT2D eigenvalue weighted by atomic mass is 32.1. The van der Waals surface area contributed by atoms with Crippen molar-refractivity contribution in [3.05, 3.63) is 163 Å². The van der Waals surface area contributed by atoms with Crippen LogP contribution >= 0.6 is 11.3 Å². The summed E-state index contributed by atoms with van der Waals surface area (Å²) < 4.78 is 5.34. The SMILES string of the molecule is CC1(C)c2ccccc2-c2c1c1c(c3ccccc3n1-c1cccc(-c3ccc4c5c(cccc35)-c3ccccc3-4)c1)c1c2sc2ccccc21. The molecule has 51 heavy (non-hydrogen) atoms. The van der Waals surface area contributed by atoms with Crippen molar-refractivity contribution in [1.82, 2.24) is 4.57 Å². The molecule has 0 saturated carbocycles. The minimum absolute atomic E-state index is 0.176. The third-order valence-corrected chi connectivity index (χ3v) is 13.1. The van der Waals surface area contributed by atoms with E-state index in [0.717, 1.165) is 0 Å². The molecule has 0 spiro atoms. The number of rotatable bonds is 2. The molecular weight excluding hydrogens is 635 g/mol. The number of hydrogen-bond acceptors (Lipinski definition) is 1. The highest BCUT2D eigenvalue weighted by Gasteiger charge is 2.41. The standard InChI is InChI=1S/C49H31NS/c1-49(2)39-22-8-5-17-36(39)45-46(49)47-43(44-38-19-7-10-24-41(38)51-48(44)45)37-18-6-9-23-40(37)50(47)29-14-11-13-28(27-29)30-25-26-35-32-16-4-3-15-31(32)34-21-12-20-33(30)42(34)35/h3-27H,1-2H3. The fraction of sp³-hybridized carbons (Fsp3) is 0.0612. The Bertz CT molecular complexity index is 3140. The molecule has 2 heterocycles. The van der Waals surface area contributed by atoms with Gasteiger partial charge in [0.2, 0.25) is 0 Å². The summed E-state index contributed by atoms with van der Waals surface area (Å²) in [6.07, 6.45) is 0. The molecule has 0 amide bonds. The van der Waals surface area contributed by atoms with Crippen LogP contribution in [0.2, 0.25) is 0 Å². The Hall–Kier alpha value is -5.96. The van der Waals surface area contributed by atoms with Crippen molar-refractivity contribution < 1.29 is 0 Å². The second-order valence-electron chi connectivity index (χ2n) is 14.8. The molecule has 10 aromatic rings. The average molecular weight is 666 g/mol. The predicted octanol–water partition coefficient (Wildman–Crippen LogP) is 13.9. The molecule has 2 heteroatoms. The summed E-state index contributed by atoms with van der Waals surface area (Å²) in [4.78, 5) is 0. The van der Waals surface area contributed by atoms with Crippen LogP contribution in [-0.2, 0) is 5.41 Å². The largest absolute Gasteiger partial charge is 0.309 e. The molecule has 2 aliphatic carbocycles. The molecule has 2 aliphatic rings. The van der Waals surface area contributed by atoms with Crippen LogP contribution in [0.25, 0.3) is 103 Å². The topological polar surface area (TPSA) is 4.93 Å². The van der Waals surface area contributed by atoms with Crippen molar-refractivity contribution in [2.75, 3.05) is 0 Å². The Morgan fingerprint density at radius 2 is 1.14 bits per heavy atom. The maximum absolute atomic E-state index is 2.59. The van der Waals surface area contributed by atoms with E-state index in [1.54, 1.807) is 0 Å². The van der Waals surface area contributed by atoms with Gasteiger partial charge in [-0.05, 0) is 85.1 Å². The number of nitrogens with zero attached hydrogens (tertiary/aromatic N) is 1. The van der Waals surface area contributed by atoms with Gasteiger partial charge in [-0.1, -0.05) is 141 Å². The van der Waals surface area contributed by atoms with E-state index in [0.29, 0.717) is 0 Å². The molecular formula is C49H31NS. The van der Waals surface area contributed by atoms with Gasteiger partial charge in [-0.15, -0.1) is 11.3 Å². The molecule has 238 valence electrons. The molecule has 0 N–H and O–H groups in total. The van der Waals surface area contributed by atoms with E-state index in [1.807, 2.05) is 11.3 Å². The Morgan fingerprint density at radius 3 is 2.00 bits per heavy atom. The first kappa shape index (κ1) is 27.8. The van der Waals surface area contributed by atoms with Crippen molar-refractivity contribution in [2.24, 2.45) is 0 Å². The Morgan fingerprint density at radius 1 is 0.490 bits per heavy atom. The van der Waals surface area contributed by atoms with E-state index in [-0.39, 0.29) is 5.41 Å². The Balaban J connectivity index is 1.21. The van der Waals surface area contributed by atoms with Gasteiger partial charge >= 0.3 is 0 Å². The summed E-state index contributed by atoms with van der Waals surface area (Å²) in [5.41, 5.74) is 17.1. The Kier molecular flexibility index (Phi) is 5.25. The van der Waals surface area contributed by atoms with Crippen LogP contribution in [0.5, 0.6) is 0 Å². The first-order valence-corrected chi connectivity index (χ1v) is 18.7. The summed E-state index contributed by atoms with van der Waals surface area (Å²) in [7, 11) is 0. The molecule has 0 radical (unpaired) electrons. The highest BCUT2D eigenvalue weighted by molar-refractivity contribution is 7.26. The minimum atomic E-state index is -0.176. The van der Waals surface area contributed by atoms with Gasteiger partial charge in [-0.2, -0.15) is 0 Å². The maximum Gasteiger partial charge on any atom is 0.0595 e. The normalized spacial score (nSPS) is 13.8. The van der Waals surface area contributed by atoms with E-state index < -0.39 is 0 Å². The zero-order chi connectivity index (χ0) is 33.6. The van der Waals surface area contributed by atoms with Crippen LogP contribution in [0.15, 0.2) is 152 Å². The quantitative estimate of drug-likeness (QED) is 0.173. The van der Waals surface area contributed by atoms with Gasteiger partial charge in [0.25, 0.3) is 0 Å². The second kappa shape index (κ2) is 9.63. The number of hydrogen-bond donors (Lipinski definition) is 0. The van der Waals surface area contributed by atoms with E-state index in [1.165, 1.54) is 114 Å². The summed E-state index contributed by atoms with van der Waals surface area (Å²) in [6.45, 7) is 4.86. The second-order valence-corrected chi connectivity index (χ2v) is 15.8. The van der Waals surface area contributed by atoms with Crippen LogP contribution in [0.1, 0.15) is 25.0 Å². The number of benzene rings is 8. The van der Waals surface area contributed by atoms with Gasteiger partial charge < -0.3 is 4.57 Å². The van der Waals surface area contributed by atoms with Gasteiger partial charge in [0.05, 0.1) is 11.0 Å². The molecule has 0 atom stereocenters. The van der Waals surface area contributed by atoms with Crippen LogP contribution in [0.4, 0.5) is 0 Å². The molecule has 0 aliphatic heterocycles. The zero-order valence-electron chi connectivity index (χ0n) is 28.3. The van der Waals surface area contributed by atoms with E-state index in [4.69, 9.17) is 0 Å². The predicted molar refractivity (Wildman–Crippen MR) is 219 cm³/mol. The number of aromatic nitrogens is 1. The minimum Gasteiger partial charge on any atom is -0.309 e. The van der Waals surface area contributed by atoms with E-state index in [2.05, 4.69) is 170 Å². The van der Waals surface area contributed by atoms with Crippen LogP contribution < -0.4 is 0 Å². The van der Waals surface area contributed by atoms with Crippen molar-refractivity contribution in [3.63, 3.8) is 0 Å². The van der Waals surface area contributed by atoms with Gasteiger partial charge in [0, 0.05) is 47.6 Å². The summed E-state index contributed by atoms with van der Waals surface area (Å²) in [5.74, 6) is 0. The van der Waals surface area contributed by atoms with Gasteiger partial charge in [0.15, 0.2) is 0 Å². The van der Waals surface area contributed by atoms with Crippen LogP contribution in [-0.4, -0.2) is 4.57 Å². The lowest BCUT2D eigenvalue weighted by Gasteiger charge is -2.24. The number of para-hydroxylation sites is 1. The van der Waals surface area contributed by atoms with Crippen molar-refractivity contribution in [2.45, 2.75) is 19.3 Å². The third kappa shape index (κ3) is 3.41. The number of thiophene rings is 1. The molecule has 12 rings (SSSR count). The maximum atomic E-state index is 2.59. The summed E-state index contributed by atoms with van der Waals surface area (Å²) in [5, 5.41) is 8.08. The monoisotopic (exact) mass is 665 g/mol. The summed E-state index contributed by atoms with van der Waals surface area (Å²) >= 11 is 1.95. The lowest BCUT2D eigenvalue weighted by molar-refractivity contribution is 0.664. The van der Waals surface area contributed by atoms with Crippen molar-refractivity contribution >= 4 is 64.1 Å². The lowest BCUT2D eigenvalue weighted by Crippen LogP contribution is -2.16. The Labute approximate surface area is 299 Å². The van der Waals surface area contributed by atoms with Gasteiger partial charge in [-0.3, -0.25) is 0 Å². The van der Waals surface area contributed by atoms with Gasteiger partial charge in [-0.25, -0.2) is 0 Å². The van der Waals surface area contributed by atoms with E-state index in [9.17, 15) is 0 Å². The zero-order valence-corrected chi connectivity index (χ0v) is 29.1. The molecule has 0 fully saturated rings. The van der Waals surface area contributed by atoms with Crippen molar-refractivity contribution in [3.8, 4) is 50.2 Å². The number of fused-ring (bicyclic) bond motifs is 15. The third-order valence-electron chi connectivity index (χ3n) is 11.9. The molecule has 0 unspecified atom stereocenters. The smallest absolute Gasteiger partial charge is 0.0595 e. The molecule has 8 aromatic carbocycles. The highest BCUT2D eigenvalue weighted by Crippen LogP contribution is 2.59. The first-order valence-electron chi connectivity index (χ1n) is 17.9. The average Bonchev–Trinajstić information content (AvgIpc) is 3.88. The fourth-order valence-electron chi connectivity index (χ4n) is 9.82. The molecule has 1 nitrogen and oxygen atoms in total. The fourth-order valence-corrected chi connectivity index (χ4v) is 11.1. The summed E-state index contributed by atoms with van der Waals surface area (Å²) in [6, 6.07) is 56.8. The molecule has 0 saturated heterocycles. The molecule has 2 aromatic heterocycles. The lowest BCUT2D eigenvalue weighted by atomic mass is 9.81. The van der Waals surface area contributed by atoms with E-state index >= 15 is 0 Å².